The minimum Gasteiger partial charge on any atom is -0.480 e. The summed E-state index contributed by atoms with van der Waals surface area (Å²) in [5.74, 6) is -2.34. The van der Waals surface area contributed by atoms with E-state index in [4.69, 9.17) is 20.4 Å². The molecule has 0 atom stereocenters. The van der Waals surface area contributed by atoms with Crippen LogP contribution >= 0.6 is 0 Å². The van der Waals surface area contributed by atoms with Crippen LogP contribution in [0.5, 0.6) is 0 Å². The van der Waals surface area contributed by atoms with Gasteiger partial charge in [0.2, 0.25) is 0 Å². The number of ether oxygens (including phenoxy) is 1. The minimum absolute atomic E-state index is 0.510. The molecule has 0 amide bonds. The van der Waals surface area contributed by atoms with Gasteiger partial charge in [-0.25, -0.2) is 9.59 Å². The first kappa shape index (κ1) is 17.2. The highest BCUT2D eigenvalue weighted by Crippen LogP contribution is 1.95. The van der Waals surface area contributed by atoms with Gasteiger partial charge in [0.25, 0.3) is 0 Å². The van der Waals surface area contributed by atoms with Crippen molar-refractivity contribution < 1.29 is 34.8 Å². The van der Waals surface area contributed by atoms with E-state index in [0.717, 1.165) is 12.8 Å². The Labute approximate surface area is 93.3 Å². The topological polar surface area (TPSA) is 124 Å². The van der Waals surface area contributed by atoms with Crippen molar-refractivity contribution in [3.8, 4) is 0 Å². The Morgan fingerprint density at radius 1 is 1.12 bits per heavy atom. The molecule has 0 aliphatic carbocycles. The number of aliphatic carboxylic acids is 2. The first-order valence-electron chi connectivity index (χ1n) is 4.77. The molecule has 7 heteroatoms. The quantitative estimate of drug-likeness (QED) is 0.447. The van der Waals surface area contributed by atoms with E-state index in [1.54, 1.807) is 0 Å². The van der Waals surface area contributed by atoms with Gasteiger partial charge >= 0.3 is 11.9 Å². The normalized spacial score (nSPS) is 9.50. The summed E-state index contributed by atoms with van der Waals surface area (Å²) in [6, 6.07) is 0. The van der Waals surface area contributed by atoms with Gasteiger partial charge in [0.15, 0.2) is 6.29 Å². The molecule has 0 fully saturated rings. The zero-order valence-electron chi connectivity index (χ0n) is 9.13. The third kappa shape index (κ3) is 23.0. The SMILES string of the molecule is CCCCC(O)O.O=C(O)COCC(=O)O. The molecule has 0 saturated carbocycles. The maximum Gasteiger partial charge on any atom is 0.329 e. The molecule has 7 nitrogen and oxygen atoms in total. The van der Waals surface area contributed by atoms with Crippen LogP contribution in [0.4, 0.5) is 0 Å². The van der Waals surface area contributed by atoms with Crippen LogP contribution in [0.3, 0.4) is 0 Å². The predicted molar refractivity (Wildman–Crippen MR) is 53.8 cm³/mol. The average Bonchev–Trinajstić information content (AvgIpc) is 2.14. The third-order valence-electron chi connectivity index (χ3n) is 1.27. The van der Waals surface area contributed by atoms with Crippen LogP contribution in [0.2, 0.25) is 0 Å². The van der Waals surface area contributed by atoms with Crippen LogP contribution in [-0.4, -0.2) is 51.9 Å². The van der Waals surface area contributed by atoms with Crippen LogP contribution in [0.1, 0.15) is 26.2 Å². The zero-order valence-corrected chi connectivity index (χ0v) is 9.13. The molecular formula is C9H18O7. The Hall–Kier alpha value is -1.18. The number of hydrogen-bond donors (Lipinski definition) is 4. The standard InChI is InChI=1S/C5H12O2.C4H6O5/c1-2-3-4-5(6)7;5-3(6)1-9-2-4(7)8/h5-7H,2-4H2,1H3;1-2H2,(H,5,6)(H,7,8). The minimum atomic E-state index is -1.17. The molecule has 0 bridgehead atoms. The summed E-state index contributed by atoms with van der Waals surface area (Å²) in [6.07, 6.45) is 1.34. The van der Waals surface area contributed by atoms with Gasteiger partial charge in [-0.05, 0) is 12.8 Å². The molecule has 16 heavy (non-hydrogen) atoms. The summed E-state index contributed by atoms with van der Waals surface area (Å²) in [5.41, 5.74) is 0. The molecule has 4 N–H and O–H groups in total. The van der Waals surface area contributed by atoms with Crippen LogP contribution in [-0.2, 0) is 14.3 Å². The molecule has 0 heterocycles. The second-order valence-electron chi connectivity index (χ2n) is 2.90. The van der Waals surface area contributed by atoms with Gasteiger partial charge < -0.3 is 25.2 Å². The molecule has 0 spiro atoms. The second-order valence-corrected chi connectivity index (χ2v) is 2.90. The molecule has 0 aromatic rings. The number of carboxylic acid groups (broad SMARTS) is 2. The largest absolute Gasteiger partial charge is 0.480 e. The molecule has 96 valence electrons. The highest BCUT2D eigenvalue weighted by atomic mass is 16.5. The Morgan fingerprint density at radius 3 is 1.75 bits per heavy atom. The van der Waals surface area contributed by atoms with E-state index in [1.807, 2.05) is 6.92 Å². The lowest BCUT2D eigenvalue weighted by atomic mass is 10.2. The lowest BCUT2D eigenvalue weighted by Crippen LogP contribution is -2.13. The summed E-state index contributed by atoms with van der Waals surface area (Å²) >= 11 is 0. The van der Waals surface area contributed by atoms with Crippen molar-refractivity contribution in [2.45, 2.75) is 32.5 Å². The maximum atomic E-state index is 9.66. The van der Waals surface area contributed by atoms with Gasteiger partial charge in [-0.3, -0.25) is 0 Å². The van der Waals surface area contributed by atoms with Gasteiger partial charge in [-0.1, -0.05) is 13.3 Å². The predicted octanol–water partition coefficient (Wildman–Crippen LogP) is -0.340. The molecule has 0 aliphatic heterocycles. The van der Waals surface area contributed by atoms with E-state index in [2.05, 4.69) is 4.74 Å². The van der Waals surface area contributed by atoms with E-state index < -0.39 is 31.4 Å². The number of unbranched alkanes of at least 4 members (excludes halogenated alkanes) is 1. The molecule has 0 aliphatic rings. The molecule has 0 radical (unpaired) electrons. The highest BCUT2D eigenvalue weighted by molar-refractivity contribution is 5.70. The molecule has 0 saturated heterocycles. The first-order valence-corrected chi connectivity index (χ1v) is 4.77. The molecule has 0 rings (SSSR count). The lowest BCUT2D eigenvalue weighted by molar-refractivity contribution is -0.148. The van der Waals surface area contributed by atoms with E-state index >= 15 is 0 Å². The number of aliphatic hydroxyl groups excluding tert-OH is 1. The Morgan fingerprint density at radius 2 is 1.56 bits per heavy atom. The summed E-state index contributed by atoms with van der Waals surface area (Å²) in [4.78, 5) is 19.3. The van der Waals surface area contributed by atoms with E-state index in [9.17, 15) is 9.59 Å². The van der Waals surface area contributed by atoms with Crippen LogP contribution in [0.15, 0.2) is 0 Å². The number of carbonyl (C=O) groups is 2. The Kier molecular flexibility index (Phi) is 12.8. The van der Waals surface area contributed by atoms with Crippen molar-refractivity contribution in [2.24, 2.45) is 0 Å². The van der Waals surface area contributed by atoms with E-state index in [-0.39, 0.29) is 0 Å². The van der Waals surface area contributed by atoms with Crippen molar-refractivity contribution in [2.75, 3.05) is 13.2 Å². The summed E-state index contributed by atoms with van der Waals surface area (Å²) in [5, 5.41) is 32.3. The number of carboxylic acids is 2. The average molecular weight is 238 g/mol. The van der Waals surface area contributed by atoms with Crippen molar-refractivity contribution in [1.29, 1.82) is 0 Å². The van der Waals surface area contributed by atoms with E-state index in [0.29, 0.717) is 6.42 Å². The van der Waals surface area contributed by atoms with Crippen molar-refractivity contribution in [3.63, 3.8) is 0 Å². The summed E-state index contributed by atoms with van der Waals surface area (Å²) < 4.78 is 4.16. The molecule has 0 unspecified atom stereocenters. The van der Waals surface area contributed by atoms with Gasteiger partial charge in [0, 0.05) is 0 Å². The third-order valence-corrected chi connectivity index (χ3v) is 1.27. The fraction of sp³-hybridized carbons (Fsp3) is 0.778. The fourth-order valence-electron chi connectivity index (χ4n) is 0.612. The number of rotatable bonds is 7. The van der Waals surface area contributed by atoms with Gasteiger partial charge in [0.05, 0.1) is 0 Å². The monoisotopic (exact) mass is 238 g/mol. The molecule has 0 aromatic carbocycles. The van der Waals surface area contributed by atoms with Crippen molar-refractivity contribution >= 4 is 11.9 Å². The van der Waals surface area contributed by atoms with Crippen LogP contribution < -0.4 is 0 Å². The van der Waals surface area contributed by atoms with Crippen molar-refractivity contribution in [3.05, 3.63) is 0 Å². The number of aliphatic hydroxyl groups is 2. The second kappa shape index (κ2) is 11.9. The summed E-state index contributed by atoms with van der Waals surface area (Å²) in [7, 11) is 0. The van der Waals surface area contributed by atoms with Gasteiger partial charge in [-0.2, -0.15) is 0 Å². The lowest BCUT2D eigenvalue weighted by Gasteiger charge is -1.97. The van der Waals surface area contributed by atoms with Crippen LogP contribution in [0, 0.1) is 0 Å². The smallest absolute Gasteiger partial charge is 0.329 e. The van der Waals surface area contributed by atoms with E-state index in [1.165, 1.54) is 0 Å². The van der Waals surface area contributed by atoms with Gasteiger partial charge in [0.1, 0.15) is 13.2 Å². The van der Waals surface area contributed by atoms with Crippen molar-refractivity contribution in [1.82, 2.24) is 0 Å². The van der Waals surface area contributed by atoms with Gasteiger partial charge in [-0.15, -0.1) is 0 Å². The van der Waals surface area contributed by atoms with Crippen LogP contribution in [0.25, 0.3) is 0 Å². The fourth-order valence-corrected chi connectivity index (χ4v) is 0.612. The molecular weight excluding hydrogens is 220 g/mol. The zero-order chi connectivity index (χ0) is 13.0. The Balaban J connectivity index is 0. The first-order chi connectivity index (χ1) is 7.40. The highest BCUT2D eigenvalue weighted by Gasteiger charge is 1.99. The molecule has 0 aromatic heterocycles. The Bertz CT molecular complexity index is 176. The maximum absolute atomic E-state index is 9.66. The summed E-state index contributed by atoms with van der Waals surface area (Å²) in [6.45, 7) is 0.890. The number of hydrogen-bond acceptors (Lipinski definition) is 5.